The van der Waals surface area contributed by atoms with Crippen LogP contribution in [-0.4, -0.2) is 65.9 Å². The number of nitrogens with two attached hydrogens (primary N) is 1. The number of phosphoric ester groups is 1. The van der Waals surface area contributed by atoms with Crippen LogP contribution in [0.4, 0.5) is 0 Å². The fourth-order valence-corrected chi connectivity index (χ4v) is 5.14. The van der Waals surface area contributed by atoms with Gasteiger partial charge >= 0.3 is 13.8 Å². The number of nitrogens with zero attached hydrogens (tertiary/aromatic N) is 1. The van der Waals surface area contributed by atoms with E-state index in [9.17, 15) is 18.9 Å². The van der Waals surface area contributed by atoms with E-state index < -0.39 is 37.7 Å². The summed E-state index contributed by atoms with van der Waals surface area (Å²) in [6.07, 6.45) is 0.940. The molecule has 0 spiro atoms. The Labute approximate surface area is 180 Å². The minimum absolute atomic E-state index is 0.0602. The number of phosphoric acid groups is 1. The van der Waals surface area contributed by atoms with Crippen molar-refractivity contribution in [3.63, 3.8) is 0 Å². The zero-order chi connectivity index (χ0) is 22.8. The van der Waals surface area contributed by atoms with Gasteiger partial charge in [0.1, 0.15) is 12.2 Å². The van der Waals surface area contributed by atoms with Crippen molar-refractivity contribution in [3.8, 4) is 0 Å². The lowest BCUT2D eigenvalue weighted by molar-refractivity contribution is -0.148. The zero-order valence-corrected chi connectivity index (χ0v) is 18.7. The third-order valence-corrected chi connectivity index (χ3v) is 6.55. The summed E-state index contributed by atoms with van der Waals surface area (Å²) in [6, 6.07) is 0. The molecule has 0 unspecified atom stereocenters. The van der Waals surface area contributed by atoms with Crippen molar-refractivity contribution in [2.75, 3.05) is 13.2 Å². The Bertz CT molecular complexity index is 797. The average molecular weight is 460 g/mol. The average Bonchev–Trinajstić information content (AvgIpc) is 2.91. The molecule has 174 valence electrons. The molecule has 0 radical (unpaired) electrons. The second kappa shape index (κ2) is 9.48. The van der Waals surface area contributed by atoms with E-state index in [1.54, 1.807) is 20.8 Å². The highest BCUT2D eigenvalue weighted by molar-refractivity contribution is 7.48. The van der Waals surface area contributed by atoms with Crippen LogP contribution in [0.15, 0.2) is 12.3 Å². The molecular formula is C19H29N2O9P. The van der Waals surface area contributed by atoms with Crippen LogP contribution in [0.3, 0.4) is 0 Å². The summed E-state index contributed by atoms with van der Waals surface area (Å²) in [4.78, 5) is 36.5. The van der Waals surface area contributed by atoms with Gasteiger partial charge in [0.15, 0.2) is 12.0 Å². The molecule has 0 saturated carbocycles. The van der Waals surface area contributed by atoms with E-state index in [0.29, 0.717) is 12.8 Å². The number of rotatable bonds is 8. The molecular weight excluding hydrogens is 431 g/mol. The van der Waals surface area contributed by atoms with Crippen molar-refractivity contribution >= 4 is 25.5 Å². The maximum absolute atomic E-state index is 12.9. The lowest BCUT2D eigenvalue weighted by Gasteiger charge is -2.38. The number of unbranched alkanes of at least 4 members (excludes halogenated alkanes) is 1. The molecule has 12 heteroatoms. The number of ketones is 1. The fourth-order valence-electron chi connectivity index (χ4n) is 3.62. The molecule has 1 amide bonds. The predicted octanol–water partition coefficient (Wildman–Crippen LogP) is 1.41. The maximum atomic E-state index is 12.9. The third kappa shape index (κ3) is 5.60. The van der Waals surface area contributed by atoms with E-state index in [-0.39, 0.29) is 43.9 Å². The van der Waals surface area contributed by atoms with Crippen molar-refractivity contribution in [1.29, 1.82) is 0 Å². The van der Waals surface area contributed by atoms with Gasteiger partial charge in [-0.25, -0.2) is 4.57 Å². The molecule has 31 heavy (non-hydrogen) atoms. The lowest BCUT2D eigenvalue weighted by atomic mass is 9.92. The van der Waals surface area contributed by atoms with Crippen molar-refractivity contribution in [1.82, 2.24) is 4.90 Å². The Morgan fingerprint density at radius 3 is 2.81 bits per heavy atom. The van der Waals surface area contributed by atoms with Crippen LogP contribution in [0.2, 0.25) is 0 Å². The number of hydrogen-bond donors (Lipinski definition) is 1. The van der Waals surface area contributed by atoms with Crippen LogP contribution in [0.1, 0.15) is 46.5 Å². The Morgan fingerprint density at radius 2 is 2.13 bits per heavy atom. The number of allylic oxidation sites excluding steroid dienone is 1. The van der Waals surface area contributed by atoms with Gasteiger partial charge in [-0.3, -0.25) is 32.9 Å². The van der Waals surface area contributed by atoms with Gasteiger partial charge in [-0.15, -0.1) is 0 Å². The number of carbonyl (C=O) groups is 3. The molecule has 0 bridgehead atoms. The minimum Gasteiger partial charge on any atom is -0.463 e. The highest BCUT2D eigenvalue weighted by atomic mass is 31.2. The standard InChI is InChI=1S/C19H29N2O9P/c1-12(2)28-16(24)6-4-5-9-26-31(25)27-11-14-17(30-31)19(3,20)18(29-14)21-8-7-13(22)10-15(21)23/h7-8,12,14,17-18H,4-6,9-11,20H2,1-3H3/t14-,17-,18-,19-,31-/m1/s1. The van der Waals surface area contributed by atoms with Gasteiger partial charge in [-0.2, -0.15) is 0 Å². The lowest BCUT2D eigenvalue weighted by Crippen LogP contribution is -2.60. The molecule has 2 saturated heterocycles. The number of esters is 1. The van der Waals surface area contributed by atoms with Crippen molar-refractivity contribution < 1.29 is 42.0 Å². The quantitative estimate of drug-likeness (QED) is 0.244. The zero-order valence-electron chi connectivity index (χ0n) is 17.9. The summed E-state index contributed by atoms with van der Waals surface area (Å²) >= 11 is 0. The van der Waals surface area contributed by atoms with Gasteiger partial charge in [-0.05, 0) is 39.7 Å². The molecule has 3 aliphatic rings. The van der Waals surface area contributed by atoms with Crippen molar-refractivity contribution in [2.24, 2.45) is 5.73 Å². The van der Waals surface area contributed by atoms with Gasteiger partial charge in [0.05, 0.1) is 31.3 Å². The fraction of sp³-hybridized carbons (Fsp3) is 0.737. The van der Waals surface area contributed by atoms with Gasteiger partial charge in [0.25, 0.3) is 0 Å². The van der Waals surface area contributed by atoms with Gasteiger partial charge in [0, 0.05) is 12.6 Å². The molecule has 0 aromatic carbocycles. The predicted molar refractivity (Wildman–Crippen MR) is 106 cm³/mol. The SMILES string of the molecule is CC(C)OC(=O)CCCCO[P@]1(=O)OC[C@H]2O[C@@H](N3C=CC(=O)CC3=O)[C@](C)(N)[C@@H]2O1. The van der Waals surface area contributed by atoms with Gasteiger partial charge in [-0.1, -0.05) is 0 Å². The molecule has 11 nitrogen and oxygen atoms in total. The second-order valence-electron chi connectivity index (χ2n) is 8.25. The summed E-state index contributed by atoms with van der Waals surface area (Å²) in [5.74, 6) is -1.04. The molecule has 0 aromatic rings. The molecule has 0 aliphatic carbocycles. The van der Waals surface area contributed by atoms with E-state index in [0.717, 1.165) is 0 Å². The van der Waals surface area contributed by atoms with E-state index in [2.05, 4.69) is 0 Å². The third-order valence-electron chi connectivity index (χ3n) is 5.11. The van der Waals surface area contributed by atoms with Gasteiger partial charge in [0.2, 0.25) is 5.91 Å². The van der Waals surface area contributed by atoms with Crippen LogP contribution in [0.25, 0.3) is 0 Å². The Kier molecular flexibility index (Phi) is 7.35. The summed E-state index contributed by atoms with van der Waals surface area (Å²) in [5, 5.41) is 0. The molecule has 3 rings (SSSR count). The maximum Gasteiger partial charge on any atom is 0.475 e. The highest BCUT2D eigenvalue weighted by Crippen LogP contribution is 2.57. The van der Waals surface area contributed by atoms with Crippen LogP contribution < -0.4 is 5.73 Å². The van der Waals surface area contributed by atoms with Crippen molar-refractivity contribution in [2.45, 2.75) is 76.5 Å². The number of carbonyl (C=O) groups excluding carboxylic acids is 3. The van der Waals surface area contributed by atoms with Crippen molar-refractivity contribution in [3.05, 3.63) is 12.3 Å². The van der Waals surface area contributed by atoms with Crippen LogP contribution >= 0.6 is 7.82 Å². The monoisotopic (exact) mass is 460 g/mol. The van der Waals surface area contributed by atoms with E-state index in [4.69, 9.17) is 28.8 Å². The first kappa shape index (κ1) is 24.0. The highest BCUT2D eigenvalue weighted by Gasteiger charge is 2.60. The van der Waals surface area contributed by atoms with E-state index >= 15 is 0 Å². The van der Waals surface area contributed by atoms with Crippen LogP contribution in [-0.2, 0) is 42.0 Å². The molecule has 5 atom stereocenters. The Balaban J connectivity index is 1.54. The number of fused-ring (bicyclic) bond motifs is 1. The summed E-state index contributed by atoms with van der Waals surface area (Å²) in [5.41, 5.74) is 5.20. The summed E-state index contributed by atoms with van der Waals surface area (Å²) < 4.78 is 40.1. The largest absolute Gasteiger partial charge is 0.475 e. The number of hydrogen-bond acceptors (Lipinski definition) is 10. The Morgan fingerprint density at radius 1 is 1.39 bits per heavy atom. The Hall–Kier alpha value is -1.62. The molecule has 0 aromatic heterocycles. The van der Waals surface area contributed by atoms with Gasteiger partial charge < -0.3 is 15.2 Å². The molecule has 2 fully saturated rings. The minimum atomic E-state index is -3.89. The first-order valence-corrected chi connectivity index (χ1v) is 11.7. The van der Waals surface area contributed by atoms with Crippen LogP contribution in [0, 0.1) is 0 Å². The molecule has 2 N–H and O–H groups in total. The number of ether oxygens (including phenoxy) is 2. The summed E-state index contributed by atoms with van der Waals surface area (Å²) in [7, 11) is -3.89. The first-order valence-electron chi connectivity index (χ1n) is 10.3. The van der Waals surface area contributed by atoms with E-state index in [1.165, 1.54) is 17.2 Å². The second-order valence-corrected chi connectivity index (χ2v) is 9.87. The first-order chi connectivity index (χ1) is 14.5. The topological polar surface area (TPSA) is 144 Å². The molecule has 3 aliphatic heterocycles. The number of amides is 1. The summed E-state index contributed by atoms with van der Waals surface area (Å²) in [6.45, 7) is 5.14. The smallest absolute Gasteiger partial charge is 0.463 e. The van der Waals surface area contributed by atoms with Crippen LogP contribution in [0.5, 0.6) is 0 Å². The molecule has 3 heterocycles. The van der Waals surface area contributed by atoms with E-state index in [1.807, 2.05) is 0 Å². The normalized spacial score (nSPS) is 35.5.